The van der Waals surface area contributed by atoms with Crippen molar-refractivity contribution in [3.63, 3.8) is 0 Å². The molecule has 234 valence electrons. The van der Waals surface area contributed by atoms with Crippen LogP contribution in [0.25, 0.3) is 0 Å². The molecule has 2 amide bonds. The molecule has 2 aliphatic heterocycles. The first-order valence-electron chi connectivity index (χ1n) is 15.3. The van der Waals surface area contributed by atoms with Crippen molar-refractivity contribution in [2.75, 3.05) is 33.2 Å². The van der Waals surface area contributed by atoms with Crippen LogP contribution in [0.4, 0.5) is 0 Å². The van der Waals surface area contributed by atoms with Gasteiger partial charge in [0.2, 0.25) is 11.8 Å². The number of nitrogens with two attached hydrogens (primary N) is 1. The van der Waals surface area contributed by atoms with Gasteiger partial charge in [-0.1, -0.05) is 74.9 Å². The molecule has 2 N–H and O–H groups in total. The third-order valence-electron chi connectivity index (χ3n) is 7.57. The zero-order valence-corrected chi connectivity index (χ0v) is 27.4. The molecular formula is C36H53N4O2S+. The van der Waals surface area contributed by atoms with E-state index >= 15 is 0 Å². The van der Waals surface area contributed by atoms with E-state index in [1.165, 1.54) is 49.8 Å². The molecular weight excluding hydrogens is 552 g/mol. The minimum Gasteiger partial charge on any atom is -0.345 e. The van der Waals surface area contributed by atoms with E-state index in [2.05, 4.69) is 53.7 Å². The normalized spacial score (nSPS) is 18.4. The fraction of sp³-hybridized carbons (Fsp3) is 0.528. The molecule has 3 aliphatic rings. The molecule has 2 saturated heterocycles. The van der Waals surface area contributed by atoms with Gasteiger partial charge in [-0.3, -0.25) is 9.59 Å². The van der Waals surface area contributed by atoms with Gasteiger partial charge in [-0.05, 0) is 26.2 Å². The number of rotatable bonds is 4. The van der Waals surface area contributed by atoms with Gasteiger partial charge in [-0.25, -0.2) is 4.98 Å². The first kappa shape index (κ1) is 39.4. The summed E-state index contributed by atoms with van der Waals surface area (Å²) in [7, 11) is 1.80. The number of nitrogens with zero attached hydrogens (tertiary/aromatic N) is 3. The van der Waals surface area contributed by atoms with Crippen molar-refractivity contribution in [3.05, 3.63) is 52.0 Å². The number of carbonyl (C=O) groups excluding carboxylic acids is 2. The van der Waals surface area contributed by atoms with Crippen LogP contribution in [-0.2, 0) is 16.1 Å². The number of piperidine rings is 1. The highest BCUT2D eigenvalue weighted by molar-refractivity contribution is 7.11. The Balaban J connectivity index is 0.000000797. The van der Waals surface area contributed by atoms with Gasteiger partial charge in [0.1, 0.15) is 5.92 Å². The van der Waals surface area contributed by atoms with E-state index < -0.39 is 0 Å². The van der Waals surface area contributed by atoms with Gasteiger partial charge in [0, 0.05) is 31.9 Å². The van der Waals surface area contributed by atoms with E-state index in [9.17, 15) is 9.59 Å². The van der Waals surface area contributed by atoms with Gasteiger partial charge >= 0.3 is 0 Å². The van der Waals surface area contributed by atoms with E-state index in [0.29, 0.717) is 12.5 Å². The molecule has 0 radical (unpaired) electrons. The Morgan fingerprint density at radius 1 is 0.837 bits per heavy atom. The van der Waals surface area contributed by atoms with Crippen LogP contribution in [0.5, 0.6) is 0 Å². The second-order valence-corrected chi connectivity index (χ2v) is 11.8. The van der Waals surface area contributed by atoms with Crippen LogP contribution < -0.4 is 5.32 Å². The number of thiazole rings is 1. The fourth-order valence-corrected chi connectivity index (χ4v) is 6.48. The van der Waals surface area contributed by atoms with Gasteiger partial charge < -0.3 is 15.1 Å². The number of aromatic nitrogens is 1. The van der Waals surface area contributed by atoms with Crippen LogP contribution in [-0.4, -0.2) is 59.8 Å². The molecule has 2 atom stereocenters. The first-order valence-corrected chi connectivity index (χ1v) is 16.1. The summed E-state index contributed by atoms with van der Waals surface area (Å²) in [6.07, 6.45) is 36.5. The number of terminal acetylenes is 3. The molecule has 1 aromatic heterocycles. The van der Waals surface area contributed by atoms with Gasteiger partial charge in [0.05, 0.1) is 36.3 Å². The van der Waals surface area contributed by atoms with Crippen LogP contribution in [0.15, 0.2) is 36.4 Å². The summed E-state index contributed by atoms with van der Waals surface area (Å²) in [5.41, 5.74) is 0.969. The highest BCUT2D eigenvalue weighted by Crippen LogP contribution is 2.34. The largest absolute Gasteiger partial charge is 0.345 e. The zero-order chi connectivity index (χ0) is 32.5. The minimum absolute atomic E-state index is 0.0375. The molecule has 1 aromatic carbocycles. The van der Waals surface area contributed by atoms with E-state index in [4.69, 9.17) is 0 Å². The Bertz CT molecular complexity index is 1010. The maximum Gasteiger partial charge on any atom is 0.232 e. The average Bonchev–Trinajstić information content (AvgIpc) is 3.72. The van der Waals surface area contributed by atoms with Crippen molar-refractivity contribution in [1.82, 2.24) is 14.8 Å². The van der Waals surface area contributed by atoms with E-state index in [1.807, 2.05) is 43.3 Å². The lowest BCUT2D eigenvalue weighted by Gasteiger charge is -2.30. The average molecular weight is 606 g/mol. The molecule has 3 heterocycles. The number of likely N-dealkylation sites (tertiary alicyclic amines) is 1. The molecule has 7 heteroatoms. The summed E-state index contributed by atoms with van der Waals surface area (Å²) in [6, 6.07) is 12.0. The second-order valence-electron chi connectivity index (χ2n) is 10.6. The number of quaternary nitrogens is 1. The third kappa shape index (κ3) is 14.9. The highest BCUT2D eigenvalue weighted by atomic mass is 32.1. The monoisotopic (exact) mass is 605 g/mol. The van der Waals surface area contributed by atoms with E-state index in [1.54, 1.807) is 30.2 Å². The molecule has 0 spiro atoms. The van der Waals surface area contributed by atoms with Gasteiger partial charge in [-0.15, -0.1) is 49.9 Å². The van der Waals surface area contributed by atoms with Crippen molar-refractivity contribution in [2.45, 2.75) is 84.1 Å². The molecule has 5 rings (SSSR count). The van der Waals surface area contributed by atoms with Crippen LogP contribution >= 0.6 is 11.3 Å². The van der Waals surface area contributed by atoms with Crippen LogP contribution in [0.3, 0.4) is 0 Å². The smallest absolute Gasteiger partial charge is 0.232 e. The number of carbonyl (C=O) groups is 2. The Labute approximate surface area is 266 Å². The first-order chi connectivity index (χ1) is 21.0. The minimum atomic E-state index is 0.0375. The van der Waals surface area contributed by atoms with Gasteiger partial charge in [0.15, 0.2) is 0 Å². The number of aryl methyl sites for hydroxylation is 1. The summed E-state index contributed by atoms with van der Waals surface area (Å²) < 4.78 is 0. The summed E-state index contributed by atoms with van der Waals surface area (Å²) in [6.45, 7) is 7.71. The third-order valence-corrected chi connectivity index (χ3v) is 8.72. The SMILES string of the molecule is C#C.C#C.C#C.C1CCCCC1.CC(=O)N(C)Cc1nc(C)sc1[C@@H]1C[NH2+]CC1C(=O)N1CCCCC1.c1ccccc1. The zero-order valence-electron chi connectivity index (χ0n) is 26.6. The predicted molar refractivity (Wildman–Crippen MR) is 181 cm³/mol. The Kier molecular flexibility index (Phi) is 22.9. The number of amides is 2. The molecule has 6 nitrogen and oxygen atoms in total. The molecule has 2 aromatic rings. The molecule has 43 heavy (non-hydrogen) atoms. The van der Waals surface area contributed by atoms with Crippen LogP contribution in [0, 0.1) is 51.4 Å². The standard InChI is InChI=1S/C18H28N4O2S.C6H12.C6H6.3C2H2/c1-12-20-16(11-21(3)13(2)23)17(25-12)14-9-19-10-15(14)18(24)22-7-5-4-6-8-22;2*1-2-4-6-5-3-1;3*1-2/h14-15,19H,4-11H2,1-3H3;1-6H2;1-6H;3*1-2H/p+1/t14-,15?;;;;;/m1...../s1. The van der Waals surface area contributed by atoms with Crippen LogP contribution in [0.1, 0.15) is 86.2 Å². The Morgan fingerprint density at radius 2 is 1.28 bits per heavy atom. The molecule has 1 unspecified atom stereocenters. The fourth-order valence-electron chi connectivity index (χ4n) is 5.37. The summed E-state index contributed by atoms with van der Waals surface area (Å²) in [5, 5.41) is 3.27. The lowest BCUT2D eigenvalue weighted by Crippen LogP contribution is -2.81. The Morgan fingerprint density at radius 3 is 1.72 bits per heavy atom. The second kappa shape index (κ2) is 25.0. The topological polar surface area (TPSA) is 70.1 Å². The lowest BCUT2D eigenvalue weighted by molar-refractivity contribution is -0.638. The maximum atomic E-state index is 13.1. The number of benzene rings is 1. The predicted octanol–water partition coefficient (Wildman–Crippen LogP) is 5.49. The van der Waals surface area contributed by atoms with Crippen LogP contribution in [0.2, 0.25) is 0 Å². The molecule has 1 aliphatic carbocycles. The summed E-state index contributed by atoms with van der Waals surface area (Å²) in [5.74, 6) is 0.612. The van der Waals surface area contributed by atoms with E-state index in [-0.39, 0.29) is 17.7 Å². The quantitative estimate of drug-likeness (QED) is 0.469. The van der Waals surface area contributed by atoms with Crippen molar-refractivity contribution < 1.29 is 14.9 Å². The molecule has 0 bridgehead atoms. The summed E-state index contributed by atoms with van der Waals surface area (Å²) >= 11 is 1.69. The Hall–Kier alpha value is -3.57. The van der Waals surface area contributed by atoms with Crippen molar-refractivity contribution in [1.29, 1.82) is 0 Å². The van der Waals surface area contributed by atoms with Crippen molar-refractivity contribution >= 4 is 23.2 Å². The van der Waals surface area contributed by atoms with Crippen molar-refractivity contribution in [3.8, 4) is 38.5 Å². The van der Waals surface area contributed by atoms with Gasteiger partial charge in [-0.2, -0.15) is 0 Å². The van der Waals surface area contributed by atoms with Crippen molar-refractivity contribution in [2.24, 2.45) is 5.92 Å². The van der Waals surface area contributed by atoms with E-state index in [0.717, 1.165) is 49.7 Å². The summed E-state index contributed by atoms with van der Waals surface area (Å²) in [4.78, 5) is 34.3. The maximum absolute atomic E-state index is 13.1. The molecule has 1 saturated carbocycles. The number of hydrogen-bond donors (Lipinski definition) is 1. The molecule has 3 fully saturated rings. The lowest BCUT2D eigenvalue weighted by atomic mass is 9.91. The van der Waals surface area contributed by atoms with Gasteiger partial charge in [0.25, 0.3) is 0 Å². The highest BCUT2D eigenvalue weighted by Gasteiger charge is 2.42. The number of hydrogen-bond acceptors (Lipinski definition) is 4.